The Morgan fingerprint density at radius 1 is 1.70 bits per heavy atom. The third kappa shape index (κ3) is 7.03. The lowest BCUT2D eigenvalue weighted by Crippen LogP contribution is -1.71. The largest absolute Gasteiger partial charge is 0.399 e. The molecule has 0 aromatic carbocycles. The highest BCUT2D eigenvalue weighted by atomic mass is 16.6. The van der Waals surface area contributed by atoms with Gasteiger partial charge in [0.15, 0.2) is 0 Å². The van der Waals surface area contributed by atoms with Gasteiger partial charge in [-0.2, -0.15) is 0 Å². The lowest BCUT2D eigenvalue weighted by molar-refractivity contribution is 0.216. The van der Waals surface area contributed by atoms with Gasteiger partial charge in [-0.3, -0.25) is 0 Å². The molecule has 0 atom stereocenters. The van der Waals surface area contributed by atoms with Gasteiger partial charge in [-0.05, 0) is 6.42 Å². The molecule has 0 N–H and O–H groups in total. The first-order valence-electron chi connectivity index (χ1n) is 3.24. The summed E-state index contributed by atoms with van der Waals surface area (Å²) in [7, 11) is 1.49. The highest BCUT2D eigenvalue weighted by molar-refractivity contribution is 5.77. The topological polar surface area (TPSA) is 21.6 Å². The molecule has 0 rings (SSSR count). The summed E-state index contributed by atoms with van der Waals surface area (Å²) in [5.74, 6) is 5.63. The standard InChI is InChI=1S/C8H12NO/c1-3-4-5-6-7-8-9-10-2/h8H,1,3-5H2,2H3/b9-8+. The van der Waals surface area contributed by atoms with Gasteiger partial charge >= 0.3 is 0 Å². The fourth-order valence-electron chi connectivity index (χ4n) is 0.410. The van der Waals surface area contributed by atoms with Gasteiger partial charge in [0, 0.05) is 6.42 Å². The lowest BCUT2D eigenvalue weighted by atomic mass is 10.3. The van der Waals surface area contributed by atoms with Crippen LogP contribution < -0.4 is 0 Å². The molecule has 0 spiro atoms. The minimum atomic E-state index is 0.888. The number of unbranched alkanes of at least 4 members (excludes halogenated alkanes) is 2. The van der Waals surface area contributed by atoms with Gasteiger partial charge in [-0.25, -0.2) is 0 Å². The lowest BCUT2D eigenvalue weighted by Gasteiger charge is -1.81. The van der Waals surface area contributed by atoms with E-state index in [0.29, 0.717) is 0 Å². The van der Waals surface area contributed by atoms with Gasteiger partial charge in [0.1, 0.15) is 13.3 Å². The van der Waals surface area contributed by atoms with Gasteiger partial charge in [0.25, 0.3) is 0 Å². The van der Waals surface area contributed by atoms with E-state index in [-0.39, 0.29) is 0 Å². The number of nitrogens with zero attached hydrogens (tertiary/aromatic N) is 1. The number of rotatable bonds is 3. The second-order valence-corrected chi connectivity index (χ2v) is 1.70. The molecule has 55 valence electrons. The van der Waals surface area contributed by atoms with Crippen LogP contribution in [0.2, 0.25) is 0 Å². The Bertz CT molecular complexity index is 141. The van der Waals surface area contributed by atoms with Crippen molar-refractivity contribution in [3.8, 4) is 11.8 Å². The van der Waals surface area contributed by atoms with Crippen LogP contribution in [0.3, 0.4) is 0 Å². The molecule has 10 heavy (non-hydrogen) atoms. The maximum Gasteiger partial charge on any atom is 0.116 e. The predicted molar refractivity (Wildman–Crippen MR) is 42.5 cm³/mol. The first-order chi connectivity index (χ1) is 4.91. The Hall–Kier alpha value is -0.970. The van der Waals surface area contributed by atoms with E-state index < -0.39 is 0 Å². The molecule has 0 heterocycles. The fourth-order valence-corrected chi connectivity index (χ4v) is 0.410. The monoisotopic (exact) mass is 138 g/mol. The molecule has 1 radical (unpaired) electrons. The Kier molecular flexibility index (Phi) is 7.25. The first kappa shape index (κ1) is 9.03. The third-order valence-corrected chi connectivity index (χ3v) is 0.877. The Labute approximate surface area is 62.3 Å². The molecule has 0 aliphatic rings. The maximum atomic E-state index is 4.40. The molecule has 0 unspecified atom stereocenters. The summed E-state index contributed by atoms with van der Waals surface area (Å²) in [6, 6.07) is 0. The Balaban J connectivity index is 3.22. The summed E-state index contributed by atoms with van der Waals surface area (Å²) >= 11 is 0. The SMILES string of the molecule is [CH2]CCCC#C/C=N/OC. The summed E-state index contributed by atoms with van der Waals surface area (Å²) in [6.45, 7) is 3.69. The molecule has 0 aromatic rings. The minimum absolute atomic E-state index is 0.888. The van der Waals surface area contributed by atoms with Crippen LogP contribution >= 0.6 is 0 Å². The Morgan fingerprint density at radius 2 is 2.50 bits per heavy atom. The zero-order valence-electron chi connectivity index (χ0n) is 6.26. The molecular formula is C8H12NO. The van der Waals surface area contributed by atoms with Crippen LogP contribution in [-0.2, 0) is 4.84 Å². The van der Waals surface area contributed by atoms with Crippen LogP contribution in [0.5, 0.6) is 0 Å². The highest BCUT2D eigenvalue weighted by Gasteiger charge is 1.74. The molecule has 0 saturated heterocycles. The van der Waals surface area contributed by atoms with Crippen molar-refractivity contribution < 1.29 is 4.84 Å². The van der Waals surface area contributed by atoms with Crippen LogP contribution in [-0.4, -0.2) is 13.3 Å². The van der Waals surface area contributed by atoms with Gasteiger partial charge in [0.2, 0.25) is 0 Å². The summed E-state index contributed by atoms with van der Waals surface area (Å²) in [4.78, 5) is 4.40. The zero-order valence-corrected chi connectivity index (χ0v) is 6.26. The molecule has 0 bridgehead atoms. The van der Waals surface area contributed by atoms with Crippen molar-refractivity contribution in [1.82, 2.24) is 0 Å². The molecule has 0 aromatic heterocycles. The second kappa shape index (κ2) is 8.03. The number of hydrogen-bond donors (Lipinski definition) is 0. The molecule has 0 amide bonds. The van der Waals surface area contributed by atoms with E-state index in [0.717, 1.165) is 19.3 Å². The van der Waals surface area contributed by atoms with Crippen molar-refractivity contribution >= 4 is 6.21 Å². The highest BCUT2D eigenvalue weighted by Crippen LogP contribution is 1.89. The quantitative estimate of drug-likeness (QED) is 0.251. The average molecular weight is 138 g/mol. The summed E-state index contributed by atoms with van der Waals surface area (Å²) in [5, 5.41) is 3.46. The summed E-state index contributed by atoms with van der Waals surface area (Å²) in [6.07, 6.45) is 4.33. The van der Waals surface area contributed by atoms with Crippen LogP contribution in [0.4, 0.5) is 0 Å². The van der Waals surface area contributed by atoms with Crippen LogP contribution in [0.15, 0.2) is 5.16 Å². The van der Waals surface area contributed by atoms with Crippen molar-refractivity contribution in [2.24, 2.45) is 5.16 Å². The second-order valence-electron chi connectivity index (χ2n) is 1.70. The number of hydrogen-bond acceptors (Lipinski definition) is 2. The van der Waals surface area contributed by atoms with Crippen molar-refractivity contribution in [3.05, 3.63) is 6.92 Å². The van der Waals surface area contributed by atoms with Crippen LogP contribution in [0, 0.1) is 18.8 Å². The molecule has 0 fully saturated rings. The zero-order chi connectivity index (χ0) is 7.66. The fraction of sp³-hybridized carbons (Fsp3) is 0.500. The third-order valence-electron chi connectivity index (χ3n) is 0.877. The maximum absolute atomic E-state index is 4.40. The van der Waals surface area contributed by atoms with Gasteiger partial charge in [-0.1, -0.05) is 30.3 Å². The summed E-state index contributed by atoms with van der Waals surface area (Å²) < 4.78 is 0. The molecule has 0 aliphatic carbocycles. The van der Waals surface area contributed by atoms with E-state index in [9.17, 15) is 0 Å². The molecule has 2 heteroatoms. The normalized spacial score (nSPS) is 9.00. The van der Waals surface area contributed by atoms with E-state index in [2.05, 4.69) is 28.8 Å². The van der Waals surface area contributed by atoms with E-state index in [1.807, 2.05) is 0 Å². The Morgan fingerprint density at radius 3 is 3.10 bits per heavy atom. The van der Waals surface area contributed by atoms with E-state index in [4.69, 9.17) is 0 Å². The first-order valence-corrected chi connectivity index (χ1v) is 3.24. The van der Waals surface area contributed by atoms with E-state index in [1.165, 1.54) is 13.3 Å². The molecule has 0 saturated carbocycles. The number of oxime groups is 1. The van der Waals surface area contributed by atoms with E-state index >= 15 is 0 Å². The molecule has 2 nitrogen and oxygen atoms in total. The van der Waals surface area contributed by atoms with Gasteiger partial charge in [0.05, 0.1) is 0 Å². The van der Waals surface area contributed by atoms with E-state index in [1.54, 1.807) is 0 Å². The molecule has 0 aliphatic heterocycles. The van der Waals surface area contributed by atoms with Gasteiger partial charge < -0.3 is 4.84 Å². The minimum Gasteiger partial charge on any atom is -0.399 e. The van der Waals surface area contributed by atoms with Crippen molar-refractivity contribution in [1.29, 1.82) is 0 Å². The smallest absolute Gasteiger partial charge is 0.116 e. The van der Waals surface area contributed by atoms with Crippen molar-refractivity contribution in [3.63, 3.8) is 0 Å². The van der Waals surface area contributed by atoms with Crippen LogP contribution in [0.25, 0.3) is 0 Å². The van der Waals surface area contributed by atoms with Crippen LogP contribution in [0.1, 0.15) is 19.3 Å². The van der Waals surface area contributed by atoms with Gasteiger partial charge in [-0.15, -0.1) is 0 Å². The van der Waals surface area contributed by atoms with Crippen molar-refractivity contribution in [2.45, 2.75) is 19.3 Å². The molecular weight excluding hydrogens is 126 g/mol. The van der Waals surface area contributed by atoms with Crippen molar-refractivity contribution in [2.75, 3.05) is 7.11 Å². The summed E-state index contributed by atoms with van der Waals surface area (Å²) in [5.41, 5.74) is 0. The predicted octanol–water partition coefficient (Wildman–Crippen LogP) is 1.63. The average Bonchev–Trinajstić information content (AvgIpc) is 1.97.